The van der Waals surface area contributed by atoms with Gasteiger partial charge < -0.3 is 18.9 Å². The first-order chi connectivity index (χ1) is 25.5. The lowest BCUT2D eigenvalue weighted by atomic mass is 10.0. The van der Waals surface area contributed by atoms with Gasteiger partial charge in [-0.05, 0) is 32.1 Å². The molecule has 1 N–H and O–H groups in total. The number of quaternary nitrogens is 1. The molecule has 10 heteroatoms. The molecule has 2 unspecified atom stereocenters. The number of carbonyl (C=O) groups is 2. The van der Waals surface area contributed by atoms with Crippen molar-refractivity contribution >= 4 is 19.8 Å². The molecular formula is C43H85NO8P+. The molecule has 314 valence electrons. The summed E-state index contributed by atoms with van der Waals surface area (Å²) in [6.07, 6.45) is 37.0. The van der Waals surface area contributed by atoms with Gasteiger partial charge in [0.15, 0.2) is 6.10 Å². The normalized spacial score (nSPS) is 13.7. The maximum Gasteiger partial charge on any atom is 0.472 e. The van der Waals surface area contributed by atoms with Crippen LogP contribution in [0, 0.1) is 0 Å². The van der Waals surface area contributed by atoms with Crippen LogP contribution in [0.5, 0.6) is 0 Å². The maximum absolute atomic E-state index is 12.6. The molecule has 0 aliphatic rings. The number of hydrogen-bond acceptors (Lipinski definition) is 7. The molecule has 0 rings (SSSR count). The molecule has 0 saturated carbocycles. The molecule has 2 atom stereocenters. The number of rotatable bonds is 40. The van der Waals surface area contributed by atoms with Crippen molar-refractivity contribution < 1.29 is 42.1 Å². The van der Waals surface area contributed by atoms with Crippen LogP contribution in [0.2, 0.25) is 0 Å². The van der Waals surface area contributed by atoms with Gasteiger partial charge in [0.2, 0.25) is 0 Å². The molecule has 0 aromatic carbocycles. The van der Waals surface area contributed by atoms with E-state index in [1.165, 1.54) is 109 Å². The second-order valence-electron chi connectivity index (χ2n) is 16.1. The Balaban J connectivity index is 4.23. The molecule has 0 amide bonds. The minimum absolute atomic E-state index is 0.0329. The average Bonchev–Trinajstić information content (AvgIpc) is 3.10. The molecule has 0 aromatic rings. The van der Waals surface area contributed by atoms with E-state index in [9.17, 15) is 19.0 Å². The number of phosphoric ester groups is 1. The zero-order valence-electron chi connectivity index (χ0n) is 35.3. The Labute approximate surface area is 326 Å². The lowest BCUT2D eigenvalue weighted by molar-refractivity contribution is -0.870. The third-order valence-electron chi connectivity index (χ3n) is 9.53. The van der Waals surface area contributed by atoms with Gasteiger partial charge in [-0.3, -0.25) is 18.6 Å². The summed E-state index contributed by atoms with van der Waals surface area (Å²) in [6.45, 7) is 4.37. The molecule has 0 aliphatic heterocycles. The number of nitrogens with zero attached hydrogens (tertiary/aromatic N) is 1. The van der Waals surface area contributed by atoms with E-state index in [2.05, 4.69) is 26.0 Å². The monoisotopic (exact) mass is 775 g/mol. The van der Waals surface area contributed by atoms with Crippen molar-refractivity contribution in [3.05, 3.63) is 12.2 Å². The molecular weight excluding hydrogens is 689 g/mol. The Morgan fingerprint density at radius 3 is 1.47 bits per heavy atom. The summed E-state index contributed by atoms with van der Waals surface area (Å²) < 4.78 is 34.2. The summed E-state index contributed by atoms with van der Waals surface area (Å²) in [5.74, 6) is -0.802. The van der Waals surface area contributed by atoms with Gasteiger partial charge >= 0.3 is 19.8 Å². The van der Waals surface area contributed by atoms with E-state index >= 15 is 0 Å². The number of phosphoric acid groups is 1. The molecule has 0 fully saturated rings. The third kappa shape index (κ3) is 40.2. The average molecular weight is 775 g/mol. The fourth-order valence-electron chi connectivity index (χ4n) is 6.08. The smallest absolute Gasteiger partial charge is 0.462 e. The van der Waals surface area contributed by atoms with Crippen LogP contribution in [0.4, 0.5) is 0 Å². The molecule has 0 bridgehead atoms. The first-order valence-corrected chi connectivity index (χ1v) is 23.4. The SMILES string of the molecule is CCC/C=C\CCCCCCCC(=O)OC(COC(=O)CCCCCCCCCCCCCCCCCCCCC)COP(=O)(O)OCC[N+](C)(C)C. The lowest BCUT2D eigenvalue weighted by Crippen LogP contribution is -2.37. The molecule has 0 radical (unpaired) electrons. The number of carbonyl (C=O) groups excluding carboxylic acids is 2. The Hall–Kier alpha value is -1.25. The van der Waals surface area contributed by atoms with Gasteiger partial charge in [0.1, 0.15) is 19.8 Å². The van der Waals surface area contributed by atoms with Crippen LogP contribution in [0.15, 0.2) is 12.2 Å². The number of hydrogen-bond donors (Lipinski definition) is 1. The lowest BCUT2D eigenvalue weighted by Gasteiger charge is -2.24. The van der Waals surface area contributed by atoms with Gasteiger partial charge in [0.25, 0.3) is 0 Å². The highest BCUT2D eigenvalue weighted by Crippen LogP contribution is 2.43. The van der Waals surface area contributed by atoms with E-state index in [-0.39, 0.29) is 25.6 Å². The summed E-state index contributed by atoms with van der Waals surface area (Å²) in [5.41, 5.74) is 0. The molecule has 0 aliphatic carbocycles. The van der Waals surface area contributed by atoms with Crippen molar-refractivity contribution in [2.24, 2.45) is 0 Å². The number of likely N-dealkylation sites (N-methyl/N-ethyl adjacent to an activating group) is 1. The van der Waals surface area contributed by atoms with E-state index < -0.39 is 26.5 Å². The van der Waals surface area contributed by atoms with Crippen LogP contribution >= 0.6 is 7.82 Å². The third-order valence-corrected chi connectivity index (χ3v) is 10.5. The van der Waals surface area contributed by atoms with Crippen molar-refractivity contribution in [2.45, 2.75) is 206 Å². The molecule has 0 aromatic heterocycles. The summed E-state index contributed by atoms with van der Waals surface area (Å²) >= 11 is 0. The fraction of sp³-hybridized carbons (Fsp3) is 0.907. The van der Waals surface area contributed by atoms with E-state index in [0.29, 0.717) is 23.9 Å². The van der Waals surface area contributed by atoms with Gasteiger partial charge in [0, 0.05) is 12.8 Å². The van der Waals surface area contributed by atoms with Crippen molar-refractivity contribution in [3.8, 4) is 0 Å². The second-order valence-corrected chi connectivity index (χ2v) is 17.5. The highest BCUT2D eigenvalue weighted by atomic mass is 31.2. The van der Waals surface area contributed by atoms with Crippen molar-refractivity contribution in [1.29, 1.82) is 0 Å². The summed E-state index contributed by atoms with van der Waals surface area (Å²) in [6, 6.07) is 0. The van der Waals surface area contributed by atoms with Crippen molar-refractivity contribution in [3.63, 3.8) is 0 Å². The quantitative estimate of drug-likeness (QED) is 0.0215. The van der Waals surface area contributed by atoms with Crippen molar-refractivity contribution in [2.75, 3.05) is 47.5 Å². The van der Waals surface area contributed by atoms with Gasteiger partial charge in [-0.2, -0.15) is 0 Å². The minimum Gasteiger partial charge on any atom is -0.462 e. The predicted molar refractivity (Wildman–Crippen MR) is 220 cm³/mol. The molecule has 0 saturated heterocycles. The Kier molecular flexibility index (Phi) is 35.5. The molecule has 0 heterocycles. The van der Waals surface area contributed by atoms with E-state index in [4.69, 9.17) is 18.5 Å². The first kappa shape index (κ1) is 51.8. The summed E-state index contributed by atoms with van der Waals surface area (Å²) in [7, 11) is 1.48. The largest absolute Gasteiger partial charge is 0.472 e. The molecule has 0 spiro atoms. The highest BCUT2D eigenvalue weighted by Gasteiger charge is 2.27. The van der Waals surface area contributed by atoms with Crippen molar-refractivity contribution in [1.82, 2.24) is 0 Å². The van der Waals surface area contributed by atoms with Crippen LogP contribution in [-0.2, 0) is 32.7 Å². The summed E-state index contributed by atoms with van der Waals surface area (Å²) in [5, 5.41) is 0. The molecule has 53 heavy (non-hydrogen) atoms. The van der Waals surface area contributed by atoms with E-state index in [1.54, 1.807) is 0 Å². The maximum atomic E-state index is 12.6. The van der Waals surface area contributed by atoms with Gasteiger partial charge in [0.05, 0.1) is 27.7 Å². The first-order valence-electron chi connectivity index (χ1n) is 21.9. The zero-order chi connectivity index (χ0) is 39.3. The number of ether oxygens (including phenoxy) is 2. The number of unbranched alkanes of at least 4 members (excludes halogenated alkanes) is 24. The van der Waals surface area contributed by atoms with Crippen LogP contribution in [0.1, 0.15) is 200 Å². The predicted octanol–water partition coefficient (Wildman–Crippen LogP) is 12.2. The zero-order valence-corrected chi connectivity index (χ0v) is 36.2. The van der Waals surface area contributed by atoms with Crippen LogP contribution in [0.3, 0.4) is 0 Å². The van der Waals surface area contributed by atoms with Crippen LogP contribution in [0.25, 0.3) is 0 Å². The van der Waals surface area contributed by atoms with Crippen LogP contribution in [-0.4, -0.2) is 74.9 Å². The number of esters is 2. The molecule has 9 nitrogen and oxygen atoms in total. The Morgan fingerprint density at radius 1 is 0.566 bits per heavy atom. The standard InChI is InChI=1S/C43H84NO8P/c1-6-8-10-12-14-16-18-19-20-21-22-23-24-25-26-28-29-31-33-35-42(45)49-39-41(40-51-53(47,48)50-38-37-44(3,4)5)52-43(46)36-34-32-30-27-17-15-13-11-9-7-2/h11,13,41H,6-10,12,14-40H2,1-5H3/p+1/b13-11-. The van der Waals surface area contributed by atoms with E-state index in [1.807, 2.05) is 21.1 Å². The fourth-order valence-corrected chi connectivity index (χ4v) is 6.82. The van der Waals surface area contributed by atoms with E-state index in [0.717, 1.165) is 57.8 Å². The van der Waals surface area contributed by atoms with Gasteiger partial charge in [-0.1, -0.05) is 167 Å². The minimum atomic E-state index is -4.37. The van der Waals surface area contributed by atoms with Crippen LogP contribution < -0.4 is 0 Å². The highest BCUT2D eigenvalue weighted by molar-refractivity contribution is 7.47. The Bertz CT molecular complexity index is 922. The number of allylic oxidation sites excluding steroid dienone is 2. The topological polar surface area (TPSA) is 108 Å². The van der Waals surface area contributed by atoms with Gasteiger partial charge in [-0.25, -0.2) is 4.57 Å². The van der Waals surface area contributed by atoms with Gasteiger partial charge in [-0.15, -0.1) is 0 Å². The second kappa shape index (κ2) is 36.4. The Morgan fingerprint density at radius 2 is 1.00 bits per heavy atom. The summed E-state index contributed by atoms with van der Waals surface area (Å²) in [4.78, 5) is 35.2.